The highest BCUT2D eigenvalue weighted by Crippen LogP contribution is 2.29. The summed E-state index contributed by atoms with van der Waals surface area (Å²) in [6.45, 7) is 0. The molecule has 3 rings (SSSR count). The molecule has 1 atom stereocenters. The Labute approximate surface area is 131 Å². The van der Waals surface area contributed by atoms with Crippen molar-refractivity contribution in [3.05, 3.63) is 65.1 Å². The van der Waals surface area contributed by atoms with Gasteiger partial charge in [-0.3, -0.25) is 0 Å². The summed E-state index contributed by atoms with van der Waals surface area (Å²) in [5, 5.41) is 1.61. The van der Waals surface area contributed by atoms with Crippen LogP contribution >= 0.6 is 23.4 Å². The minimum Gasteiger partial charge on any atom is -0.459 e. The van der Waals surface area contributed by atoms with Crippen molar-refractivity contribution in [3.63, 3.8) is 0 Å². The molecule has 0 saturated carbocycles. The van der Waals surface area contributed by atoms with Crippen LogP contribution < -0.4 is 5.73 Å². The number of hydrogen-bond donors (Lipinski definition) is 1. The van der Waals surface area contributed by atoms with Crippen LogP contribution in [0.1, 0.15) is 11.8 Å². The Morgan fingerprint density at radius 3 is 2.67 bits per heavy atom. The summed E-state index contributed by atoms with van der Waals surface area (Å²) in [6.07, 6.45) is 0. The van der Waals surface area contributed by atoms with Gasteiger partial charge < -0.3 is 10.2 Å². The molecule has 0 bridgehead atoms. The Morgan fingerprint density at radius 2 is 1.90 bits per heavy atom. The minimum absolute atomic E-state index is 0.230. The van der Waals surface area contributed by atoms with Crippen LogP contribution in [0.2, 0.25) is 5.02 Å². The molecule has 0 radical (unpaired) electrons. The second-order valence-corrected chi connectivity index (χ2v) is 6.23. The zero-order valence-electron chi connectivity index (χ0n) is 11.1. The van der Waals surface area contributed by atoms with Crippen molar-refractivity contribution in [3.8, 4) is 0 Å². The van der Waals surface area contributed by atoms with E-state index in [0.717, 1.165) is 21.6 Å². The van der Waals surface area contributed by atoms with Crippen LogP contribution in [0.15, 0.2) is 57.8 Å². The van der Waals surface area contributed by atoms with E-state index < -0.39 is 0 Å². The Balaban J connectivity index is 1.71. The summed E-state index contributed by atoms with van der Waals surface area (Å²) in [6, 6.07) is 13.5. The zero-order chi connectivity index (χ0) is 14.8. The molecule has 2 nitrogen and oxygen atoms in total. The SMILES string of the molecule is NC(CSc1ccc(F)cc1)c1cc2cc(Cl)ccc2o1. The van der Waals surface area contributed by atoms with Crippen molar-refractivity contribution >= 4 is 34.3 Å². The van der Waals surface area contributed by atoms with Crippen LogP contribution in [-0.2, 0) is 0 Å². The van der Waals surface area contributed by atoms with Gasteiger partial charge in [0.2, 0.25) is 0 Å². The van der Waals surface area contributed by atoms with Crippen molar-refractivity contribution < 1.29 is 8.81 Å². The third-order valence-electron chi connectivity index (χ3n) is 3.11. The van der Waals surface area contributed by atoms with Crippen LogP contribution in [0.4, 0.5) is 4.39 Å². The molecule has 3 aromatic rings. The summed E-state index contributed by atoms with van der Waals surface area (Å²) in [5.74, 6) is 1.14. The maximum Gasteiger partial charge on any atom is 0.134 e. The van der Waals surface area contributed by atoms with E-state index in [9.17, 15) is 4.39 Å². The van der Waals surface area contributed by atoms with E-state index in [4.69, 9.17) is 21.8 Å². The van der Waals surface area contributed by atoms with Crippen LogP contribution in [0.5, 0.6) is 0 Å². The Kier molecular flexibility index (Phi) is 4.19. The number of furan rings is 1. The van der Waals surface area contributed by atoms with Crippen LogP contribution in [-0.4, -0.2) is 5.75 Å². The normalized spacial score (nSPS) is 12.7. The second-order valence-electron chi connectivity index (χ2n) is 4.70. The molecule has 108 valence electrons. The highest BCUT2D eigenvalue weighted by atomic mass is 35.5. The third kappa shape index (κ3) is 3.40. The molecule has 0 aliphatic carbocycles. The second kappa shape index (κ2) is 6.10. The lowest BCUT2D eigenvalue weighted by molar-refractivity contribution is 0.516. The molecule has 0 aliphatic rings. The average molecular weight is 322 g/mol. The molecule has 0 spiro atoms. The van der Waals surface area contributed by atoms with E-state index >= 15 is 0 Å². The van der Waals surface area contributed by atoms with Gasteiger partial charge in [0.1, 0.15) is 17.2 Å². The summed E-state index contributed by atoms with van der Waals surface area (Å²) in [7, 11) is 0. The molecule has 0 fully saturated rings. The van der Waals surface area contributed by atoms with Gasteiger partial charge in [-0.2, -0.15) is 0 Å². The lowest BCUT2D eigenvalue weighted by atomic mass is 10.2. The monoisotopic (exact) mass is 321 g/mol. The molecule has 1 heterocycles. The Bertz CT molecular complexity index is 757. The van der Waals surface area contributed by atoms with Gasteiger partial charge in [-0.15, -0.1) is 11.8 Å². The smallest absolute Gasteiger partial charge is 0.134 e. The van der Waals surface area contributed by atoms with Gasteiger partial charge in [0.15, 0.2) is 0 Å². The fraction of sp³-hybridized carbons (Fsp3) is 0.125. The maximum absolute atomic E-state index is 12.8. The molecule has 5 heteroatoms. The summed E-state index contributed by atoms with van der Waals surface area (Å²) >= 11 is 7.52. The standard InChI is InChI=1S/C16H13ClFNOS/c17-11-1-6-15-10(7-11)8-16(20-15)14(19)9-21-13-4-2-12(18)3-5-13/h1-8,14H,9,19H2. The first-order chi connectivity index (χ1) is 10.1. The van der Waals surface area contributed by atoms with Gasteiger partial charge in [-0.1, -0.05) is 11.6 Å². The van der Waals surface area contributed by atoms with E-state index in [2.05, 4.69) is 0 Å². The summed E-state index contributed by atoms with van der Waals surface area (Å²) in [5.41, 5.74) is 6.93. The van der Waals surface area contributed by atoms with Crippen molar-refractivity contribution in [2.24, 2.45) is 5.73 Å². The molecule has 21 heavy (non-hydrogen) atoms. The highest BCUT2D eigenvalue weighted by molar-refractivity contribution is 7.99. The van der Waals surface area contributed by atoms with Gasteiger partial charge in [0.05, 0.1) is 6.04 Å². The molecule has 2 N–H and O–H groups in total. The fourth-order valence-electron chi connectivity index (χ4n) is 2.02. The number of halogens is 2. The summed E-state index contributed by atoms with van der Waals surface area (Å²) in [4.78, 5) is 0.978. The maximum atomic E-state index is 12.8. The Hall–Kier alpha value is -1.49. The summed E-state index contributed by atoms with van der Waals surface area (Å²) < 4.78 is 18.6. The molecule has 0 aliphatic heterocycles. The topological polar surface area (TPSA) is 39.2 Å². The predicted octanol–water partition coefficient (Wildman–Crippen LogP) is 5.02. The third-order valence-corrected chi connectivity index (χ3v) is 4.47. The zero-order valence-corrected chi connectivity index (χ0v) is 12.6. The number of fused-ring (bicyclic) bond motifs is 1. The number of nitrogens with two attached hydrogens (primary N) is 1. The molecule has 0 saturated heterocycles. The van der Waals surface area contributed by atoms with Crippen molar-refractivity contribution in [2.45, 2.75) is 10.9 Å². The van der Waals surface area contributed by atoms with Crippen molar-refractivity contribution in [1.82, 2.24) is 0 Å². The van der Waals surface area contributed by atoms with Crippen LogP contribution in [0.25, 0.3) is 11.0 Å². The first-order valence-electron chi connectivity index (χ1n) is 6.45. The minimum atomic E-state index is -0.238. The predicted molar refractivity (Wildman–Crippen MR) is 85.3 cm³/mol. The molecule has 1 aromatic heterocycles. The number of rotatable bonds is 4. The average Bonchev–Trinajstić information content (AvgIpc) is 2.89. The lowest BCUT2D eigenvalue weighted by Gasteiger charge is -2.08. The molecule has 0 amide bonds. The quantitative estimate of drug-likeness (QED) is 0.686. The van der Waals surface area contributed by atoms with E-state index in [1.54, 1.807) is 30.0 Å². The fourth-order valence-corrected chi connectivity index (χ4v) is 3.06. The van der Waals surface area contributed by atoms with Gasteiger partial charge >= 0.3 is 0 Å². The van der Waals surface area contributed by atoms with Gasteiger partial charge in [0.25, 0.3) is 0 Å². The van der Waals surface area contributed by atoms with Crippen molar-refractivity contribution in [1.29, 1.82) is 0 Å². The molecule has 2 aromatic carbocycles. The van der Waals surface area contributed by atoms with E-state index in [0.29, 0.717) is 10.8 Å². The lowest BCUT2D eigenvalue weighted by Crippen LogP contribution is -2.11. The first kappa shape index (κ1) is 14.4. The van der Waals surface area contributed by atoms with E-state index in [-0.39, 0.29) is 11.9 Å². The van der Waals surface area contributed by atoms with Crippen LogP contribution in [0.3, 0.4) is 0 Å². The highest BCUT2D eigenvalue weighted by Gasteiger charge is 2.13. The Morgan fingerprint density at radius 1 is 1.14 bits per heavy atom. The van der Waals surface area contributed by atoms with Crippen molar-refractivity contribution in [2.75, 3.05) is 5.75 Å². The van der Waals surface area contributed by atoms with Gasteiger partial charge in [-0.05, 0) is 48.5 Å². The van der Waals surface area contributed by atoms with Gasteiger partial charge in [0, 0.05) is 21.1 Å². The van der Waals surface area contributed by atoms with Gasteiger partial charge in [-0.25, -0.2) is 4.39 Å². The molecular formula is C16H13ClFNOS. The molecular weight excluding hydrogens is 309 g/mol. The van der Waals surface area contributed by atoms with E-state index in [1.807, 2.05) is 18.2 Å². The first-order valence-corrected chi connectivity index (χ1v) is 7.81. The molecule has 1 unspecified atom stereocenters. The van der Waals surface area contributed by atoms with E-state index in [1.165, 1.54) is 12.1 Å². The number of hydrogen-bond acceptors (Lipinski definition) is 3. The number of thioether (sulfide) groups is 1. The van der Waals surface area contributed by atoms with Crippen LogP contribution in [0, 0.1) is 5.82 Å². The largest absolute Gasteiger partial charge is 0.459 e. The number of benzene rings is 2.